The molecule has 0 spiro atoms. The van der Waals surface area contributed by atoms with E-state index in [2.05, 4.69) is 12.2 Å². The number of hydrogen-bond donors (Lipinski definition) is 2. The molecule has 2 nitrogen and oxygen atoms in total. The number of aliphatic hydroxyl groups excluding tert-OH is 2. The van der Waals surface area contributed by atoms with Crippen molar-refractivity contribution >= 4 is 0 Å². The monoisotopic (exact) mass is 188 g/mol. The highest BCUT2D eigenvalue weighted by Crippen LogP contribution is 2.51. The van der Waals surface area contributed by atoms with Gasteiger partial charge in [-0.3, -0.25) is 0 Å². The molecule has 0 aromatic rings. The molecule has 0 radical (unpaired) electrons. The zero-order valence-electron chi connectivity index (χ0n) is 7.88. The van der Waals surface area contributed by atoms with Gasteiger partial charge in [-0.1, -0.05) is 12.2 Å². The topological polar surface area (TPSA) is 40.5 Å². The fraction of sp³-hybridized carbons (Fsp3) is 0.333. The van der Waals surface area contributed by atoms with Gasteiger partial charge in [0.25, 0.3) is 0 Å². The molecule has 0 unspecified atom stereocenters. The second-order valence-corrected chi connectivity index (χ2v) is 3.91. The van der Waals surface area contributed by atoms with Crippen LogP contribution < -0.4 is 0 Å². The average molecular weight is 188 g/mol. The highest BCUT2D eigenvalue weighted by atomic mass is 16.3. The van der Waals surface area contributed by atoms with Gasteiger partial charge in [0.05, 0.1) is 13.2 Å². The van der Waals surface area contributed by atoms with Crippen molar-refractivity contribution < 1.29 is 10.2 Å². The first kappa shape index (κ1) is 8.21. The normalized spacial score (nSPS) is 23.3. The molecule has 3 aliphatic rings. The van der Waals surface area contributed by atoms with Crippen molar-refractivity contribution in [3.8, 4) is 0 Å². The highest BCUT2D eigenvalue weighted by molar-refractivity contribution is 5.73. The fourth-order valence-corrected chi connectivity index (χ4v) is 2.76. The Morgan fingerprint density at radius 3 is 2.43 bits per heavy atom. The quantitative estimate of drug-likeness (QED) is 0.684. The zero-order chi connectivity index (χ0) is 9.71. The van der Waals surface area contributed by atoms with Crippen molar-refractivity contribution in [2.75, 3.05) is 13.2 Å². The molecule has 3 aliphatic carbocycles. The molecule has 0 atom stereocenters. The van der Waals surface area contributed by atoms with Gasteiger partial charge in [0.15, 0.2) is 0 Å². The number of aliphatic hydroxyl groups is 2. The Hall–Kier alpha value is -1.12. The number of hydrogen-bond acceptors (Lipinski definition) is 2. The summed E-state index contributed by atoms with van der Waals surface area (Å²) in [4.78, 5) is 0. The van der Waals surface area contributed by atoms with Crippen LogP contribution in [0.1, 0.15) is 12.8 Å². The van der Waals surface area contributed by atoms with Crippen molar-refractivity contribution in [1.82, 2.24) is 0 Å². The lowest BCUT2D eigenvalue weighted by atomic mass is 9.94. The van der Waals surface area contributed by atoms with E-state index in [4.69, 9.17) is 0 Å². The highest BCUT2D eigenvalue weighted by Gasteiger charge is 2.35. The molecule has 0 fully saturated rings. The van der Waals surface area contributed by atoms with Crippen LogP contribution in [0.5, 0.6) is 0 Å². The van der Waals surface area contributed by atoms with Gasteiger partial charge >= 0.3 is 0 Å². The number of rotatable bonds is 2. The van der Waals surface area contributed by atoms with E-state index in [0.717, 1.165) is 24.0 Å². The van der Waals surface area contributed by atoms with Gasteiger partial charge in [0.1, 0.15) is 0 Å². The SMILES string of the molecule is OCC1=C2CC(=C1CO)C1=C2C=CC1. The maximum absolute atomic E-state index is 9.26. The summed E-state index contributed by atoms with van der Waals surface area (Å²) in [6, 6.07) is 0. The number of fused-ring (bicyclic) bond motifs is 4. The summed E-state index contributed by atoms with van der Waals surface area (Å²) in [7, 11) is 0. The molecule has 0 aliphatic heterocycles. The van der Waals surface area contributed by atoms with E-state index in [1.54, 1.807) is 0 Å². The van der Waals surface area contributed by atoms with Gasteiger partial charge in [0.2, 0.25) is 0 Å². The van der Waals surface area contributed by atoms with Gasteiger partial charge in [-0.2, -0.15) is 0 Å². The van der Waals surface area contributed by atoms with Crippen LogP contribution in [0.4, 0.5) is 0 Å². The molecule has 0 amide bonds. The summed E-state index contributed by atoms with van der Waals surface area (Å²) in [6.07, 6.45) is 6.22. The Balaban J connectivity index is 2.20. The summed E-state index contributed by atoms with van der Waals surface area (Å²) in [5.74, 6) is 0. The van der Waals surface area contributed by atoms with E-state index < -0.39 is 0 Å². The van der Waals surface area contributed by atoms with Gasteiger partial charge in [-0.25, -0.2) is 0 Å². The second-order valence-electron chi connectivity index (χ2n) is 3.91. The van der Waals surface area contributed by atoms with Crippen LogP contribution in [0.2, 0.25) is 0 Å². The smallest absolute Gasteiger partial charge is 0.0688 e. The molecule has 0 aromatic heterocycles. The van der Waals surface area contributed by atoms with Crippen LogP contribution in [-0.2, 0) is 0 Å². The van der Waals surface area contributed by atoms with E-state index in [1.807, 2.05) is 0 Å². The predicted molar refractivity (Wildman–Crippen MR) is 53.6 cm³/mol. The second kappa shape index (κ2) is 2.69. The molecule has 72 valence electrons. The third kappa shape index (κ3) is 0.781. The lowest BCUT2D eigenvalue weighted by molar-refractivity contribution is 0.310. The first-order valence-corrected chi connectivity index (χ1v) is 4.93. The van der Waals surface area contributed by atoms with Crippen LogP contribution >= 0.6 is 0 Å². The molecular formula is C12H12O2. The Kier molecular flexibility index (Phi) is 1.58. The van der Waals surface area contributed by atoms with E-state index in [1.165, 1.54) is 22.3 Å². The van der Waals surface area contributed by atoms with E-state index in [9.17, 15) is 10.2 Å². The van der Waals surface area contributed by atoms with Crippen molar-refractivity contribution in [1.29, 1.82) is 0 Å². The molecule has 0 saturated heterocycles. The summed E-state index contributed by atoms with van der Waals surface area (Å²) in [5.41, 5.74) is 7.14. The molecule has 2 heteroatoms. The molecule has 2 bridgehead atoms. The maximum Gasteiger partial charge on any atom is 0.0688 e. The Morgan fingerprint density at radius 1 is 1.00 bits per heavy atom. The molecular weight excluding hydrogens is 176 g/mol. The first-order chi connectivity index (χ1) is 6.86. The van der Waals surface area contributed by atoms with Gasteiger partial charge in [0, 0.05) is 0 Å². The van der Waals surface area contributed by atoms with Crippen LogP contribution in [-0.4, -0.2) is 23.4 Å². The van der Waals surface area contributed by atoms with Gasteiger partial charge in [-0.15, -0.1) is 0 Å². The Labute approximate surface area is 82.6 Å². The van der Waals surface area contributed by atoms with Gasteiger partial charge in [-0.05, 0) is 46.3 Å². The minimum atomic E-state index is 0.0549. The zero-order valence-corrected chi connectivity index (χ0v) is 7.88. The largest absolute Gasteiger partial charge is 0.392 e. The Morgan fingerprint density at radius 2 is 1.71 bits per heavy atom. The molecule has 14 heavy (non-hydrogen) atoms. The number of allylic oxidation sites excluding steroid dienone is 6. The minimum absolute atomic E-state index is 0.0549. The summed E-state index contributed by atoms with van der Waals surface area (Å²) < 4.78 is 0. The van der Waals surface area contributed by atoms with E-state index >= 15 is 0 Å². The predicted octanol–water partition coefficient (Wildman–Crippen LogP) is 1.24. The fourth-order valence-electron chi connectivity index (χ4n) is 2.76. The standard InChI is InChI=1S/C12H12O2/c13-5-11-9-4-10(12(11)6-14)8-3-1-2-7(8)9/h1-2,13-14H,3-6H2. The van der Waals surface area contributed by atoms with Crippen LogP contribution in [0.3, 0.4) is 0 Å². The molecule has 0 aromatic carbocycles. The van der Waals surface area contributed by atoms with Crippen LogP contribution in [0, 0.1) is 0 Å². The summed E-state index contributed by atoms with van der Waals surface area (Å²) >= 11 is 0. The summed E-state index contributed by atoms with van der Waals surface area (Å²) in [5, 5.41) is 18.5. The third-order valence-electron chi connectivity index (χ3n) is 3.38. The Bertz CT molecular complexity index is 433. The van der Waals surface area contributed by atoms with Crippen molar-refractivity contribution in [3.05, 3.63) is 45.6 Å². The van der Waals surface area contributed by atoms with Crippen LogP contribution in [0.15, 0.2) is 45.6 Å². The van der Waals surface area contributed by atoms with E-state index in [-0.39, 0.29) is 13.2 Å². The van der Waals surface area contributed by atoms with E-state index in [0.29, 0.717) is 0 Å². The molecule has 2 N–H and O–H groups in total. The first-order valence-electron chi connectivity index (χ1n) is 4.93. The molecule has 0 heterocycles. The van der Waals surface area contributed by atoms with Crippen molar-refractivity contribution in [3.63, 3.8) is 0 Å². The van der Waals surface area contributed by atoms with Crippen molar-refractivity contribution in [2.24, 2.45) is 0 Å². The average Bonchev–Trinajstić information content (AvgIpc) is 2.86. The molecule has 3 rings (SSSR count). The molecule has 0 saturated carbocycles. The van der Waals surface area contributed by atoms with Gasteiger partial charge < -0.3 is 10.2 Å². The minimum Gasteiger partial charge on any atom is -0.392 e. The van der Waals surface area contributed by atoms with Crippen molar-refractivity contribution in [2.45, 2.75) is 12.8 Å². The summed E-state index contributed by atoms with van der Waals surface area (Å²) in [6.45, 7) is 0.116. The third-order valence-corrected chi connectivity index (χ3v) is 3.38. The van der Waals surface area contributed by atoms with Crippen LogP contribution in [0.25, 0.3) is 0 Å². The lowest BCUT2D eigenvalue weighted by Gasteiger charge is -2.13. The lowest BCUT2D eigenvalue weighted by Crippen LogP contribution is -2.04. The maximum atomic E-state index is 9.26.